The smallest absolute Gasteiger partial charge is 0.165 e. The van der Waals surface area contributed by atoms with Crippen LogP contribution in [-0.4, -0.2) is 20.3 Å². The molecule has 1 aromatic rings. The molecule has 1 N–H and O–H groups in total. The lowest BCUT2D eigenvalue weighted by Crippen LogP contribution is -2.17. The monoisotopic (exact) mass is 365 g/mol. The number of methoxy groups -OCH3 is 1. The van der Waals surface area contributed by atoms with E-state index in [4.69, 9.17) is 9.47 Å². The zero-order valence-corrected chi connectivity index (χ0v) is 15.1. The first kappa shape index (κ1) is 19.6. The van der Waals surface area contributed by atoms with E-state index < -0.39 is 0 Å². The van der Waals surface area contributed by atoms with E-state index in [-0.39, 0.29) is 12.4 Å². The zero-order valence-electron chi connectivity index (χ0n) is 12.7. The normalized spacial score (nSPS) is 10.3. The molecule has 0 radical (unpaired) electrons. The van der Waals surface area contributed by atoms with E-state index in [0.717, 1.165) is 40.5 Å². The average Bonchev–Trinajstić information content (AvgIpc) is 2.36. The van der Waals surface area contributed by atoms with Crippen molar-refractivity contribution in [2.24, 2.45) is 5.92 Å². The van der Waals surface area contributed by atoms with Crippen LogP contribution in [0.25, 0.3) is 0 Å². The Labute approximate surface area is 137 Å². The highest BCUT2D eigenvalue weighted by molar-refractivity contribution is 9.10. The third-order valence-electron chi connectivity index (χ3n) is 2.82. The van der Waals surface area contributed by atoms with Crippen LogP contribution < -0.4 is 14.8 Å². The summed E-state index contributed by atoms with van der Waals surface area (Å²) in [5.41, 5.74) is 1.12. The molecule has 0 unspecified atom stereocenters. The molecule has 1 aromatic carbocycles. The van der Waals surface area contributed by atoms with E-state index >= 15 is 0 Å². The van der Waals surface area contributed by atoms with E-state index in [2.05, 4.69) is 41.2 Å². The standard InChI is InChI=1S/C15H24BrNO2.ClH/c1-5-19-15-12(10-17-7-6-11(2)3)8-13(16)9-14(15)18-4;/h8-9,11,17H,5-7,10H2,1-4H3;1H. The van der Waals surface area contributed by atoms with Crippen molar-refractivity contribution in [3.8, 4) is 11.5 Å². The molecule has 0 aromatic heterocycles. The van der Waals surface area contributed by atoms with Crippen LogP contribution >= 0.6 is 28.3 Å². The van der Waals surface area contributed by atoms with Crippen molar-refractivity contribution < 1.29 is 9.47 Å². The second-order valence-electron chi connectivity index (χ2n) is 4.89. The van der Waals surface area contributed by atoms with Gasteiger partial charge in [-0.1, -0.05) is 29.8 Å². The first-order chi connectivity index (χ1) is 9.08. The third kappa shape index (κ3) is 6.33. The maximum Gasteiger partial charge on any atom is 0.165 e. The largest absolute Gasteiger partial charge is 0.493 e. The van der Waals surface area contributed by atoms with Crippen LogP contribution in [0.15, 0.2) is 16.6 Å². The predicted molar refractivity (Wildman–Crippen MR) is 90.3 cm³/mol. The van der Waals surface area contributed by atoms with Crippen molar-refractivity contribution in [1.82, 2.24) is 5.32 Å². The van der Waals surface area contributed by atoms with Crippen LogP contribution in [0.2, 0.25) is 0 Å². The Kier molecular flexibility index (Phi) is 10.1. The Hall–Kier alpha value is -0.450. The molecule has 0 amide bonds. The minimum absolute atomic E-state index is 0. The first-order valence-electron chi connectivity index (χ1n) is 6.78. The Balaban J connectivity index is 0.00000361. The van der Waals surface area contributed by atoms with Gasteiger partial charge in [0.15, 0.2) is 11.5 Å². The van der Waals surface area contributed by atoms with E-state index in [1.165, 1.54) is 6.42 Å². The predicted octanol–water partition coefficient (Wildman–Crippen LogP) is 4.41. The fourth-order valence-electron chi connectivity index (χ4n) is 1.83. The van der Waals surface area contributed by atoms with E-state index in [1.807, 2.05) is 13.0 Å². The van der Waals surface area contributed by atoms with Gasteiger partial charge in [0.05, 0.1) is 13.7 Å². The van der Waals surface area contributed by atoms with E-state index in [0.29, 0.717) is 6.61 Å². The molecule has 0 heterocycles. The van der Waals surface area contributed by atoms with Crippen LogP contribution in [0.1, 0.15) is 32.8 Å². The highest BCUT2D eigenvalue weighted by Crippen LogP contribution is 2.34. The summed E-state index contributed by atoms with van der Waals surface area (Å²) in [7, 11) is 1.67. The molecule has 5 heteroatoms. The molecule has 0 aliphatic carbocycles. The maximum absolute atomic E-state index is 5.71. The minimum Gasteiger partial charge on any atom is -0.493 e. The van der Waals surface area contributed by atoms with Gasteiger partial charge < -0.3 is 14.8 Å². The van der Waals surface area contributed by atoms with Gasteiger partial charge in [0.1, 0.15) is 0 Å². The molecule has 0 aliphatic heterocycles. The quantitative estimate of drug-likeness (QED) is 0.691. The van der Waals surface area contributed by atoms with Crippen molar-refractivity contribution in [1.29, 1.82) is 0 Å². The van der Waals surface area contributed by atoms with Crippen LogP contribution in [0.4, 0.5) is 0 Å². The summed E-state index contributed by atoms with van der Waals surface area (Å²) >= 11 is 3.51. The van der Waals surface area contributed by atoms with Gasteiger partial charge in [-0.25, -0.2) is 0 Å². The molecule has 1 rings (SSSR count). The Morgan fingerprint density at radius 2 is 2.00 bits per heavy atom. The van der Waals surface area contributed by atoms with Crippen LogP contribution in [0.5, 0.6) is 11.5 Å². The first-order valence-corrected chi connectivity index (χ1v) is 7.57. The molecule has 0 spiro atoms. The minimum atomic E-state index is 0. The Bertz CT molecular complexity index is 400. The fourth-order valence-corrected chi connectivity index (χ4v) is 2.31. The topological polar surface area (TPSA) is 30.5 Å². The van der Waals surface area contributed by atoms with Crippen molar-refractivity contribution in [3.63, 3.8) is 0 Å². The van der Waals surface area contributed by atoms with Gasteiger partial charge in [-0.15, -0.1) is 12.4 Å². The number of halogens is 2. The van der Waals surface area contributed by atoms with E-state index in [1.54, 1.807) is 7.11 Å². The molecular weight excluding hydrogens is 342 g/mol. The Morgan fingerprint density at radius 1 is 1.30 bits per heavy atom. The van der Waals surface area contributed by atoms with Crippen LogP contribution in [-0.2, 0) is 6.54 Å². The number of hydrogen-bond acceptors (Lipinski definition) is 3. The molecule has 0 saturated carbocycles. The summed E-state index contributed by atoms with van der Waals surface area (Å²) in [6.45, 7) is 8.88. The molecule has 3 nitrogen and oxygen atoms in total. The zero-order chi connectivity index (χ0) is 14.3. The van der Waals surface area contributed by atoms with Crippen LogP contribution in [0, 0.1) is 5.92 Å². The number of ether oxygens (including phenoxy) is 2. The maximum atomic E-state index is 5.71. The molecule has 0 saturated heterocycles. The summed E-state index contributed by atoms with van der Waals surface area (Å²) in [6.07, 6.45) is 1.18. The molecule has 20 heavy (non-hydrogen) atoms. The molecule has 116 valence electrons. The van der Waals surface area contributed by atoms with Gasteiger partial charge in [-0.3, -0.25) is 0 Å². The summed E-state index contributed by atoms with van der Waals surface area (Å²) < 4.78 is 12.1. The number of hydrogen-bond donors (Lipinski definition) is 1. The summed E-state index contributed by atoms with van der Waals surface area (Å²) in [6, 6.07) is 4.01. The number of rotatable bonds is 8. The van der Waals surface area contributed by atoms with Gasteiger partial charge in [-0.2, -0.15) is 0 Å². The third-order valence-corrected chi connectivity index (χ3v) is 3.28. The fraction of sp³-hybridized carbons (Fsp3) is 0.600. The van der Waals surface area contributed by atoms with E-state index in [9.17, 15) is 0 Å². The van der Waals surface area contributed by atoms with Crippen molar-refractivity contribution in [2.45, 2.75) is 33.7 Å². The second kappa shape index (κ2) is 10.3. The average molecular weight is 367 g/mol. The lowest BCUT2D eigenvalue weighted by Gasteiger charge is -2.15. The molecular formula is C15H25BrClNO2. The second-order valence-corrected chi connectivity index (χ2v) is 5.80. The van der Waals surface area contributed by atoms with Gasteiger partial charge in [0.25, 0.3) is 0 Å². The lowest BCUT2D eigenvalue weighted by molar-refractivity contribution is 0.306. The summed E-state index contributed by atoms with van der Waals surface area (Å²) in [5.74, 6) is 2.33. The molecule has 0 atom stereocenters. The highest BCUT2D eigenvalue weighted by atomic mass is 79.9. The molecule has 0 aliphatic rings. The van der Waals surface area contributed by atoms with Crippen molar-refractivity contribution in [2.75, 3.05) is 20.3 Å². The molecule has 0 bridgehead atoms. The van der Waals surface area contributed by atoms with Gasteiger partial charge in [0.2, 0.25) is 0 Å². The summed E-state index contributed by atoms with van der Waals surface area (Å²) in [5, 5.41) is 3.45. The SMILES string of the molecule is CCOc1c(CNCCC(C)C)cc(Br)cc1OC.Cl. The number of benzene rings is 1. The van der Waals surface area contributed by atoms with Gasteiger partial charge in [-0.05, 0) is 37.9 Å². The Morgan fingerprint density at radius 3 is 2.55 bits per heavy atom. The van der Waals surface area contributed by atoms with Crippen LogP contribution in [0.3, 0.4) is 0 Å². The van der Waals surface area contributed by atoms with Crippen molar-refractivity contribution >= 4 is 28.3 Å². The van der Waals surface area contributed by atoms with Gasteiger partial charge >= 0.3 is 0 Å². The summed E-state index contributed by atoms with van der Waals surface area (Å²) in [4.78, 5) is 0. The number of nitrogens with one attached hydrogen (secondary N) is 1. The molecule has 0 fully saturated rings. The van der Waals surface area contributed by atoms with Gasteiger partial charge in [0, 0.05) is 16.6 Å². The highest BCUT2D eigenvalue weighted by Gasteiger charge is 2.12. The van der Waals surface area contributed by atoms with Crippen molar-refractivity contribution in [3.05, 3.63) is 22.2 Å². The lowest BCUT2D eigenvalue weighted by atomic mass is 10.1.